The third-order valence-electron chi connectivity index (χ3n) is 1.65. The van der Waals surface area contributed by atoms with Crippen molar-refractivity contribution in [3.8, 4) is 0 Å². The van der Waals surface area contributed by atoms with Crippen LogP contribution in [-0.2, 0) is 20.9 Å². The number of carbonyl (C=O) groups excluding carboxylic acids is 2. The van der Waals surface area contributed by atoms with E-state index in [9.17, 15) is 9.59 Å². The van der Waals surface area contributed by atoms with Gasteiger partial charge in [0.05, 0.1) is 24.6 Å². The molecule has 1 aromatic rings. The Morgan fingerprint density at radius 1 is 1.60 bits per heavy atom. The number of rotatable bonds is 5. The number of carbonyl (C=O) groups is 2. The van der Waals surface area contributed by atoms with Crippen LogP contribution in [0, 0.1) is 0 Å². The normalized spacial score (nSPS) is 12.1. The molecule has 0 aromatic carbocycles. The molecule has 0 aliphatic heterocycles. The van der Waals surface area contributed by atoms with Gasteiger partial charge in [0.2, 0.25) is 5.91 Å². The molecule has 1 aromatic heterocycles. The molecule has 0 spiro atoms. The molecule has 15 heavy (non-hydrogen) atoms. The van der Waals surface area contributed by atoms with Crippen LogP contribution in [0.4, 0.5) is 0 Å². The Morgan fingerprint density at radius 2 is 2.33 bits per heavy atom. The Labute approximate surface area is 85.8 Å². The number of H-pyrrole nitrogens is 1. The van der Waals surface area contributed by atoms with E-state index in [0.29, 0.717) is 5.69 Å². The van der Waals surface area contributed by atoms with Crippen LogP contribution in [0.5, 0.6) is 0 Å². The number of aromatic amines is 1. The highest BCUT2D eigenvalue weighted by Gasteiger charge is 2.17. The van der Waals surface area contributed by atoms with Crippen molar-refractivity contribution in [2.24, 2.45) is 11.5 Å². The molecule has 1 heterocycles. The number of amides is 1. The second kappa shape index (κ2) is 5.11. The predicted molar refractivity (Wildman–Crippen MR) is 50.2 cm³/mol. The van der Waals surface area contributed by atoms with Gasteiger partial charge in [-0.15, -0.1) is 0 Å². The van der Waals surface area contributed by atoms with Crippen LogP contribution >= 0.6 is 0 Å². The van der Waals surface area contributed by atoms with Crippen LogP contribution in [0.15, 0.2) is 12.5 Å². The average Bonchev–Trinajstić information content (AvgIpc) is 2.65. The maximum absolute atomic E-state index is 11.2. The number of nitrogens with one attached hydrogen (secondary N) is 1. The third-order valence-corrected chi connectivity index (χ3v) is 1.65. The first-order valence-corrected chi connectivity index (χ1v) is 4.27. The predicted octanol–water partition coefficient (Wildman–Crippen LogP) is -1.34. The lowest BCUT2D eigenvalue weighted by Gasteiger charge is -2.08. The number of hydrogen-bond donors (Lipinski definition) is 3. The van der Waals surface area contributed by atoms with Crippen LogP contribution in [0.3, 0.4) is 0 Å². The van der Waals surface area contributed by atoms with E-state index >= 15 is 0 Å². The van der Waals surface area contributed by atoms with Crippen molar-refractivity contribution in [3.63, 3.8) is 0 Å². The third kappa shape index (κ3) is 3.77. The van der Waals surface area contributed by atoms with Crippen LogP contribution in [0.25, 0.3) is 0 Å². The lowest BCUT2D eigenvalue weighted by molar-refractivity contribution is -0.147. The summed E-state index contributed by atoms with van der Waals surface area (Å²) < 4.78 is 4.81. The number of primary amides is 1. The van der Waals surface area contributed by atoms with Crippen LogP contribution in [-0.4, -0.2) is 27.9 Å². The summed E-state index contributed by atoms with van der Waals surface area (Å²) in [7, 11) is 0. The highest BCUT2D eigenvalue weighted by Crippen LogP contribution is 1.98. The highest BCUT2D eigenvalue weighted by molar-refractivity contribution is 5.84. The summed E-state index contributed by atoms with van der Waals surface area (Å²) in [5.41, 5.74) is 10.9. The summed E-state index contributed by atoms with van der Waals surface area (Å²) in [6.07, 6.45) is 2.77. The molecular weight excluding hydrogens is 200 g/mol. The zero-order chi connectivity index (χ0) is 11.3. The number of aromatic nitrogens is 2. The van der Waals surface area contributed by atoms with E-state index in [1.807, 2.05) is 0 Å². The summed E-state index contributed by atoms with van der Waals surface area (Å²) in [5.74, 6) is -1.30. The molecule has 1 rings (SSSR count). The fraction of sp³-hybridized carbons (Fsp3) is 0.375. The lowest BCUT2D eigenvalue weighted by atomic mass is 10.2. The van der Waals surface area contributed by atoms with Crippen molar-refractivity contribution in [2.45, 2.75) is 19.1 Å². The molecule has 7 nitrogen and oxygen atoms in total. The Hall–Kier alpha value is -1.89. The second-order valence-corrected chi connectivity index (χ2v) is 2.96. The topological polar surface area (TPSA) is 124 Å². The second-order valence-electron chi connectivity index (χ2n) is 2.96. The fourth-order valence-electron chi connectivity index (χ4n) is 0.920. The Balaban J connectivity index is 2.32. The summed E-state index contributed by atoms with van der Waals surface area (Å²) in [5, 5.41) is 0. The van der Waals surface area contributed by atoms with Gasteiger partial charge in [-0.1, -0.05) is 0 Å². The number of nitrogens with two attached hydrogens (primary N) is 2. The van der Waals surface area contributed by atoms with Crippen LogP contribution in [0.1, 0.15) is 12.1 Å². The van der Waals surface area contributed by atoms with Crippen molar-refractivity contribution in [3.05, 3.63) is 18.2 Å². The number of esters is 1. The van der Waals surface area contributed by atoms with Gasteiger partial charge in [-0.05, 0) is 0 Å². The first kappa shape index (κ1) is 11.2. The zero-order valence-electron chi connectivity index (χ0n) is 7.97. The van der Waals surface area contributed by atoms with E-state index in [1.54, 1.807) is 0 Å². The van der Waals surface area contributed by atoms with Crippen molar-refractivity contribution in [1.82, 2.24) is 9.97 Å². The number of imidazole rings is 1. The molecule has 0 bridgehead atoms. The monoisotopic (exact) mass is 212 g/mol. The van der Waals surface area contributed by atoms with Gasteiger partial charge in [0.1, 0.15) is 12.6 Å². The maximum Gasteiger partial charge on any atom is 0.323 e. The number of ether oxygens (including phenoxy) is 1. The van der Waals surface area contributed by atoms with E-state index in [-0.39, 0.29) is 13.0 Å². The van der Waals surface area contributed by atoms with Crippen molar-refractivity contribution in [2.75, 3.05) is 0 Å². The quantitative estimate of drug-likeness (QED) is 0.521. The molecule has 0 radical (unpaired) electrons. The number of hydrogen-bond acceptors (Lipinski definition) is 5. The van der Waals surface area contributed by atoms with Crippen LogP contribution < -0.4 is 11.5 Å². The van der Waals surface area contributed by atoms with Gasteiger partial charge >= 0.3 is 5.97 Å². The zero-order valence-corrected chi connectivity index (χ0v) is 7.97. The van der Waals surface area contributed by atoms with Gasteiger partial charge in [0.15, 0.2) is 0 Å². The van der Waals surface area contributed by atoms with Gasteiger partial charge in [-0.25, -0.2) is 4.98 Å². The van der Waals surface area contributed by atoms with E-state index in [0.717, 1.165) is 0 Å². The van der Waals surface area contributed by atoms with Gasteiger partial charge in [0, 0.05) is 0 Å². The van der Waals surface area contributed by atoms with Gasteiger partial charge in [-0.2, -0.15) is 0 Å². The molecule has 1 amide bonds. The first-order chi connectivity index (χ1) is 7.09. The first-order valence-electron chi connectivity index (χ1n) is 4.27. The standard InChI is InChI=1S/C8H12N4O3/c9-6(1-7(10)13)8(14)15-3-5-2-11-4-12-5/h2,4,6H,1,3,9H2,(H2,10,13)(H,11,12)/t6-/m0/s1. The molecule has 0 aliphatic carbocycles. The summed E-state index contributed by atoms with van der Waals surface area (Å²) in [4.78, 5) is 28.1. The molecule has 0 saturated carbocycles. The van der Waals surface area contributed by atoms with Crippen LogP contribution in [0.2, 0.25) is 0 Å². The minimum Gasteiger partial charge on any atom is -0.458 e. The van der Waals surface area contributed by atoms with Crippen molar-refractivity contribution < 1.29 is 14.3 Å². The smallest absolute Gasteiger partial charge is 0.323 e. The minimum absolute atomic E-state index is 0.0469. The maximum atomic E-state index is 11.2. The summed E-state index contributed by atoms with van der Waals surface area (Å²) >= 11 is 0. The van der Waals surface area contributed by atoms with E-state index < -0.39 is 17.9 Å². The Kier molecular flexibility index (Phi) is 3.81. The van der Waals surface area contributed by atoms with Crippen molar-refractivity contribution in [1.29, 1.82) is 0 Å². The molecule has 0 fully saturated rings. The minimum atomic E-state index is -1.01. The number of nitrogens with zero attached hydrogens (tertiary/aromatic N) is 1. The molecule has 82 valence electrons. The molecule has 0 saturated heterocycles. The summed E-state index contributed by atoms with van der Waals surface area (Å²) in [6.45, 7) is 0.0469. The fourth-order valence-corrected chi connectivity index (χ4v) is 0.920. The lowest BCUT2D eigenvalue weighted by Crippen LogP contribution is -2.36. The Bertz CT molecular complexity index is 336. The molecular formula is C8H12N4O3. The van der Waals surface area contributed by atoms with E-state index in [2.05, 4.69) is 9.97 Å². The summed E-state index contributed by atoms with van der Waals surface area (Å²) in [6, 6.07) is -1.01. The molecule has 5 N–H and O–H groups in total. The molecule has 0 unspecified atom stereocenters. The van der Waals surface area contributed by atoms with E-state index in [4.69, 9.17) is 16.2 Å². The van der Waals surface area contributed by atoms with Crippen molar-refractivity contribution >= 4 is 11.9 Å². The largest absolute Gasteiger partial charge is 0.458 e. The van der Waals surface area contributed by atoms with Gasteiger partial charge < -0.3 is 21.2 Å². The molecule has 1 atom stereocenters. The molecule has 0 aliphatic rings. The highest BCUT2D eigenvalue weighted by atomic mass is 16.5. The van der Waals surface area contributed by atoms with Gasteiger partial charge in [-0.3, -0.25) is 9.59 Å². The van der Waals surface area contributed by atoms with E-state index in [1.165, 1.54) is 12.5 Å². The SMILES string of the molecule is NC(=O)C[C@H](N)C(=O)OCc1cnc[nH]1. The molecule has 7 heteroatoms. The Morgan fingerprint density at radius 3 is 2.87 bits per heavy atom. The van der Waals surface area contributed by atoms with Gasteiger partial charge in [0.25, 0.3) is 0 Å². The average molecular weight is 212 g/mol.